The van der Waals surface area contributed by atoms with E-state index in [1.165, 1.54) is 13.0 Å². The number of aromatic hydroxyl groups is 1. The molecule has 0 aliphatic carbocycles. The molecule has 0 bridgehead atoms. The van der Waals surface area contributed by atoms with Crippen molar-refractivity contribution in [3.05, 3.63) is 40.5 Å². The van der Waals surface area contributed by atoms with Crippen LogP contribution < -0.4 is 14.4 Å². The van der Waals surface area contributed by atoms with Crippen molar-refractivity contribution in [1.82, 2.24) is 10.2 Å². The number of nitrogens with one attached hydrogen (secondary N) is 2. The van der Waals surface area contributed by atoms with E-state index in [4.69, 9.17) is 21.7 Å². The molecule has 0 amide bonds. The van der Waals surface area contributed by atoms with E-state index in [2.05, 4.69) is 10.2 Å². The van der Waals surface area contributed by atoms with Crippen LogP contribution in [-0.2, 0) is 4.79 Å². The van der Waals surface area contributed by atoms with Gasteiger partial charge in [0.1, 0.15) is 21.9 Å². The average Bonchev–Trinajstić information content (AvgIpc) is 3.08. The van der Waals surface area contributed by atoms with Crippen molar-refractivity contribution in [2.45, 2.75) is 26.7 Å². The Morgan fingerprint density at radius 1 is 1.13 bits per heavy atom. The molecule has 1 heterocycles. The van der Waals surface area contributed by atoms with Gasteiger partial charge in [-0.3, -0.25) is 15.0 Å². The summed E-state index contributed by atoms with van der Waals surface area (Å²) in [5.74, 6) is 0.703. The molecule has 3 N–H and O–H groups in total. The molecule has 0 unspecified atom stereocenters. The van der Waals surface area contributed by atoms with Gasteiger partial charge >= 0.3 is 5.97 Å². The Hall–Kier alpha value is -3.26. The predicted molar refractivity (Wildman–Crippen MR) is 125 cm³/mol. The van der Waals surface area contributed by atoms with Gasteiger partial charge in [0.2, 0.25) is 0 Å². The Morgan fingerprint density at radius 2 is 1.84 bits per heavy atom. The fourth-order valence-corrected chi connectivity index (χ4v) is 3.78. The van der Waals surface area contributed by atoms with Crippen molar-refractivity contribution in [3.63, 3.8) is 0 Å². The number of rotatable bonds is 6. The van der Waals surface area contributed by atoms with Gasteiger partial charge < -0.3 is 19.5 Å². The zero-order chi connectivity index (χ0) is 22.9. The first-order chi connectivity index (χ1) is 14.6. The molecule has 7 nitrogen and oxygen atoms in total. The maximum absolute atomic E-state index is 11.5. The third-order valence-corrected chi connectivity index (χ3v) is 5.31. The molecule has 2 aromatic carbocycles. The highest BCUT2D eigenvalue weighted by molar-refractivity contribution is 7.71. The number of esters is 1. The normalized spacial score (nSPS) is 10.9. The summed E-state index contributed by atoms with van der Waals surface area (Å²) < 4.78 is 11.3. The van der Waals surface area contributed by atoms with Gasteiger partial charge in [-0.1, -0.05) is 32.1 Å². The highest BCUT2D eigenvalue weighted by Gasteiger charge is 2.21. The van der Waals surface area contributed by atoms with E-state index in [1.807, 2.05) is 57.1 Å². The van der Waals surface area contributed by atoms with Crippen LogP contribution in [0, 0.1) is 4.64 Å². The zero-order valence-corrected chi connectivity index (χ0v) is 19.3. The summed E-state index contributed by atoms with van der Waals surface area (Å²) in [6, 6.07) is 9.10. The second-order valence-electron chi connectivity index (χ2n) is 7.77. The zero-order valence-electron chi connectivity index (χ0n) is 18.5. The van der Waals surface area contributed by atoms with Gasteiger partial charge in [-0.05, 0) is 35.2 Å². The van der Waals surface area contributed by atoms with Crippen molar-refractivity contribution in [1.29, 1.82) is 0 Å². The average molecular weight is 442 g/mol. The van der Waals surface area contributed by atoms with Gasteiger partial charge in [-0.15, -0.1) is 0 Å². The van der Waals surface area contributed by atoms with Crippen molar-refractivity contribution in [2.24, 2.45) is 0 Å². The Bertz CT molecular complexity index is 1180. The van der Waals surface area contributed by atoms with E-state index in [0.29, 0.717) is 21.6 Å². The number of anilines is 1. The molecule has 0 saturated heterocycles. The summed E-state index contributed by atoms with van der Waals surface area (Å²) in [6.45, 7) is 5.33. The number of carbonyl (C=O) groups is 1. The van der Waals surface area contributed by atoms with Crippen LogP contribution >= 0.6 is 12.2 Å². The number of ether oxygens (including phenoxy) is 2. The minimum atomic E-state index is -0.440. The number of hydrogen-bond acceptors (Lipinski definition) is 6. The van der Waals surface area contributed by atoms with E-state index in [-0.39, 0.29) is 11.7 Å². The Balaban J connectivity index is 2.22. The van der Waals surface area contributed by atoms with Gasteiger partial charge in [0, 0.05) is 38.2 Å². The van der Waals surface area contributed by atoms with Crippen molar-refractivity contribution >= 4 is 23.9 Å². The van der Waals surface area contributed by atoms with Crippen LogP contribution in [0.3, 0.4) is 0 Å². The molecule has 3 aromatic rings. The van der Waals surface area contributed by atoms with E-state index in [1.54, 1.807) is 7.11 Å². The quantitative estimate of drug-likeness (QED) is 0.275. The lowest BCUT2D eigenvalue weighted by atomic mass is 9.94. The number of phenolic OH excluding ortho intramolecular Hbond substituents is 1. The summed E-state index contributed by atoms with van der Waals surface area (Å²) >= 11 is 5.55. The summed E-state index contributed by atoms with van der Waals surface area (Å²) in [7, 11) is 5.51. The van der Waals surface area contributed by atoms with Gasteiger partial charge in [-0.2, -0.15) is 0 Å². The number of H-pyrrole nitrogens is 2. The van der Waals surface area contributed by atoms with E-state index < -0.39 is 5.97 Å². The van der Waals surface area contributed by atoms with Gasteiger partial charge in [0.25, 0.3) is 0 Å². The molecule has 8 heteroatoms. The van der Waals surface area contributed by atoms with E-state index >= 15 is 0 Å². The summed E-state index contributed by atoms with van der Waals surface area (Å²) in [5, 5.41) is 16.9. The molecule has 3 rings (SSSR count). The van der Waals surface area contributed by atoms with Crippen molar-refractivity contribution in [2.75, 3.05) is 26.1 Å². The van der Waals surface area contributed by atoms with Crippen LogP contribution in [0.25, 0.3) is 22.4 Å². The number of benzene rings is 2. The van der Waals surface area contributed by atoms with Gasteiger partial charge in [0.15, 0.2) is 0 Å². The van der Waals surface area contributed by atoms with Gasteiger partial charge in [-0.25, -0.2) is 0 Å². The standard InChI is InChI=1S/C23H27N3O4S/c1-12(2)15-10-16(18(28)11-20(15)30-13(3)27)22-21(23(31)25-24-22)14-7-8-19(29-6)17(9-14)26(4)5/h7-12,28H,1-6H3,(H2,24,25,31). The molecular weight excluding hydrogens is 414 g/mol. The number of carbonyl (C=O) groups excluding carboxylic acids is 1. The summed E-state index contributed by atoms with van der Waals surface area (Å²) in [6.07, 6.45) is 0. The minimum Gasteiger partial charge on any atom is -0.507 e. The Kier molecular flexibility index (Phi) is 6.40. The SMILES string of the molecule is COc1ccc(-c2c(-c3cc(C(C)C)c(OC(C)=O)cc3O)[nH][nH]c2=S)cc1N(C)C. The predicted octanol–water partition coefficient (Wildman–Crippen LogP) is 5.24. The molecule has 0 saturated carbocycles. The molecule has 0 radical (unpaired) electrons. The summed E-state index contributed by atoms with van der Waals surface area (Å²) in [5.41, 5.74) is 4.54. The number of methoxy groups -OCH3 is 1. The lowest BCUT2D eigenvalue weighted by Crippen LogP contribution is -2.10. The van der Waals surface area contributed by atoms with Crippen LogP contribution in [0.4, 0.5) is 5.69 Å². The third-order valence-electron chi connectivity index (χ3n) is 5.00. The van der Waals surface area contributed by atoms with Crippen LogP contribution in [0.1, 0.15) is 32.3 Å². The first kappa shape index (κ1) is 22.4. The fraction of sp³-hybridized carbons (Fsp3) is 0.304. The Labute approximate surface area is 186 Å². The van der Waals surface area contributed by atoms with Gasteiger partial charge in [0.05, 0.1) is 18.5 Å². The smallest absolute Gasteiger partial charge is 0.308 e. The number of aromatic amines is 2. The molecule has 0 spiro atoms. The number of hydrogen-bond donors (Lipinski definition) is 3. The number of phenols is 1. The fourth-order valence-electron chi connectivity index (χ4n) is 3.51. The van der Waals surface area contributed by atoms with Crippen LogP contribution in [0.15, 0.2) is 30.3 Å². The number of nitrogens with zero attached hydrogens (tertiary/aromatic N) is 1. The monoisotopic (exact) mass is 441 g/mol. The molecule has 0 aliphatic rings. The molecule has 1 aromatic heterocycles. The largest absolute Gasteiger partial charge is 0.507 e. The molecule has 164 valence electrons. The highest BCUT2D eigenvalue weighted by atomic mass is 32.1. The highest BCUT2D eigenvalue weighted by Crippen LogP contribution is 2.42. The third kappa shape index (κ3) is 4.44. The lowest BCUT2D eigenvalue weighted by Gasteiger charge is -2.18. The second kappa shape index (κ2) is 8.85. The summed E-state index contributed by atoms with van der Waals surface area (Å²) in [4.78, 5) is 13.5. The topological polar surface area (TPSA) is 90.6 Å². The van der Waals surface area contributed by atoms with Crippen LogP contribution in [0.5, 0.6) is 17.2 Å². The molecule has 31 heavy (non-hydrogen) atoms. The first-order valence-electron chi connectivity index (χ1n) is 9.86. The molecule has 0 fully saturated rings. The molecule has 0 aliphatic heterocycles. The molecule has 0 atom stereocenters. The maximum Gasteiger partial charge on any atom is 0.308 e. The van der Waals surface area contributed by atoms with Crippen LogP contribution in [-0.4, -0.2) is 42.5 Å². The van der Waals surface area contributed by atoms with Crippen molar-refractivity contribution < 1.29 is 19.4 Å². The first-order valence-corrected chi connectivity index (χ1v) is 10.3. The van der Waals surface area contributed by atoms with Crippen molar-refractivity contribution in [3.8, 4) is 39.6 Å². The lowest BCUT2D eigenvalue weighted by molar-refractivity contribution is -0.131. The van der Waals surface area contributed by atoms with E-state index in [0.717, 1.165) is 28.1 Å². The van der Waals surface area contributed by atoms with E-state index in [9.17, 15) is 9.90 Å². The second-order valence-corrected chi connectivity index (χ2v) is 8.17. The number of aromatic nitrogens is 2. The maximum atomic E-state index is 11.5. The Morgan fingerprint density at radius 3 is 2.42 bits per heavy atom. The minimum absolute atomic E-state index is 0.0199. The van der Waals surface area contributed by atoms with Crippen LogP contribution in [0.2, 0.25) is 0 Å². The molecular formula is C23H27N3O4S.